The number of amides is 1. The molecule has 7 heteroatoms. The third-order valence-electron chi connectivity index (χ3n) is 3.96. The molecule has 2 N–H and O–H groups in total. The average Bonchev–Trinajstić information content (AvgIpc) is 2.85. The molecule has 2 aromatic rings. The number of rotatable bonds is 8. The molecule has 0 radical (unpaired) electrons. The highest BCUT2D eigenvalue weighted by Gasteiger charge is 2.26. The molecule has 2 rings (SSSR count). The molecule has 0 bridgehead atoms. The van der Waals surface area contributed by atoms with Crippen LogP contribution in [0.3, 0.4) is 0 Å². The van der Waals surface area contributed by atoms with E-state index in [0.29, 0.717) is 13.0 Å². The standard InChI is InChI=1S/C17H23N3O3S/c1-17(2,16(22)23)8-9-18-15(21)10-20-13-7-5-4-6-12(13)19-14(20)11-24-3/h4-7H,8-11H2,1-3H3,(H,18,21)(H,22,23). The van der Waals surface area contributed by atoms with Crippen molar-refractivity contribution in [1.29, 1.82) is 0 Å². The van der Waals surface area contributed by atoms with Crippen molar-refractivity contribution < 1.29 is 14.7 Å². The van der Waals surface area contributed by atoms with Crippen LogP contribution in [0.25, 0.3) is 11.0 Å². The number of thioether (sulfide) groups is 1. The van der Waals surface area contributed by atoms with Gasteiger partial charge in [0.15, 0.2) is 0 Å². The number of hydrogen-bond donors (Lipinski definition) is 2. The summed E-state index contributed by atoms with van der Waals surface area (Å²) < 4.78 is 1.92. The number of fused-ring (bicyclic) bond motifs is 1. The number of nitrogens with zero attached hydrogens (tertiary/aromatic N) is 2. The summed E-state index contributed by atoms with van der Waals surface area (Å²) in [6.45, 7) is 3.83. The van der Waals surface area contributed by atoms with Crippen LogP contribution in [0.2, 0.25) is 0 Å². The molecule has 0 aliphatic heterocycles. The number of imidazole rings is 1. The summed E-state index contributed by atoms with van der Waals surface area (Å²) in [5, 5.41) is 11.9. The minimum atomic E-state index is -0.861. The Morgan fingerprint density at radius 3 is 2.71 bits per heavy atom. The smallest absolute Gasteiger partial charge is 0.309 e. The zero-order valence-corrected chi connectivity index (χ0v) is 15.0. The van der Waals surface area contributed by atoms with Crippen LogP contribution < -0.4 is 5.32 Å². The van der Waals surface area contributed by atoms with Crippen LogP contribution in [0, 0.1) is 5.41 Å². The highest BCUT2D eigenvalue weighted by Crippen LogP contribution is 2.20. The summed E-state index contributed by atoms with van der Waals surface area (Å²) >= 11 is 1.66. The van der Waals surface area contributed by atoms with Crippen molar-refractivity contribution in [3.8, 4) is 0 Å². The maximum atomic E-state index is 12.3. The predicted molar refractivity (Wildman–Crippen MR) is 96.0 cm³/mol. The number of aromatic nitrogens is 2. The largest absolute Gasteiger partial charge is 0.481 e. The molecule has 1 heterocycles. The molecule has 0 unspecified atom stereocenters. The monoisotopic (exact) mass is 349 g/mol. The molecule has 1 aromatic heterocycles. The van der Waals surface area contributed by atoms with E-state index in [2.05, 4.69) is 10.3 Å². The fourth-order valence-electron chi connectivity index (χ4n) is 2.36. The fraction of sp³-hybridized carbons (Fsp3) is 0.471. The van der Waals surface area contributed by atoms with Crippen LogP contribution in [-0.4, -0.2) is 39.3 Å². The molecule has 1 amide bonds. The first-order chi connectivity index (χ1) is 11.3. The van der Waals surface area contributed by atoms with Gasteiger partial charge < -0.3 is 15.0 Å². The summed E-state index contributed by atoms with van der Waals surface area (Å²) in [7, 11) is 0. The van der Waals surface area contributed by atoms with Gasteiger partial charge in [0.1, 0.15) is 12.4 Å². The van der Waals surface area contributed by atoms with Crippen molar-refractivity contribution >= 4 is 34.7 Å². The van der Waals surface area contributed by atoms with Crippen molar-refractivity contribution in [1.82, 2.24) is 14.9 Å². The third-order valence-corrected chi connectivity index (χ3v) is 4.51. The van der Waals surface area contributed by atoms with Crippen LogP contribution in [0.4, 0.5) is 0 Å². The molecule has 0 fully saturated rings. The second-order valence-corrected chi connectivity index (χ2v) is 7.19. The van der Waals surface area contributed by atoms with Crippen molar-refractivity contribution in [3.63, 3.8) is 0 Å². The van der Waals surface area contributed by atoms with E-state index in [0.717, 1.165) is 22.6 Å². The molecule has 0 atom stereocenters. The molecule has 6 nitrogen and oxygen atoms in total. The van der Waals surface area contributed by atoms with Crippen LogP contribution in [0.15, 0.2) is 24.3 Å². The van der Waals surface area contributed by atoms with E-state index in [1.165, 1.54) is 0 Å². The highest BCUT2D eigenvalue weighted by molar-refractivity contribution is 7.97. The van der Waals surface area contributed by atoms with Gasteiger partial charge in [-0.05, 0) is 38.7 Å². The van der Waals surface area contributed by atoms with E-state index in [1.807, 2.05) is 35.1 Å². The Morgan fingerprint density at radius 1 is 1.33 bits per heavy atom. The molecular weight excluding hydrogens is 326 g/mol. The van der Waals surface area contributed by atoms with E-state index in [4.69, 9.17) is 5.11 Å². The normalized spacial score (nSPS) is 11.6. The molecule has 24 heavy (non-hydrogen) atoms. The number of carbonyl (C=O) groups is 2. The van der Waals surface area contributed by atoms with Crippen molar-refractivity contribution in [2.45, 2.75) is 32.6 Å². The minimum absolute atomic E-state index is 0.137. The maximum Gasteiger partial charge on any atom is 0.309 e. The Kier molecular flexibility index (Phi) is 5.88. The van der Waals surface area contributed by atoms with Crippen LogP contribution in [0.1, 0.15) is 26.1 Å². The first kappa shape index (κ1) is 18.3. The van der Waals surface area contributed by atoms with Crippen LogP contribution in [0.5, 0.6) is 0 Å². The Balaban J connectivity index is 2.05. The Bertz CT molecular complexity index is 740. The van der Waals surface area contributed by atoms with E-state index in [-0.39, 0.29) is 12.5 Å². The van der Waals surface area contributed by atoms with Gasteiger partial charge in [0.05, 0.1) is 22.2 Å². The zero-order valence-electron chi connectivity index (χ0n) is 14.2. The molecular formula is C17H23N3O3S. The third kappa shape index (κ3) is 4.29. The lowest BCUT2D eigenvalue weighted by atomic mass is 9.90. The average molecular weight is 349 g/mol. The first-order valence-electron chi connectivity index (χ1n) is 7.78. The molecule has 0 saturated carbocycles. The molecule has 0 aliphatic carbocycles. The van der Waals surface area contributed by atoms with Gasteiger partial charge in [-0.3, -0.25) is 9.59 Å². The fourth-order valence-corrected chi connectivity index (χ4v) is 2.84. The second kappa shape index (κ2) is 7.70. The van der Waals surface area contributed by atoms with Gasteiger partial charge in [-0.25, -0.2) is 4.98 Å². The number of carbonyl (C=O) groups excluding carboxylic acids is 1. The highest BCUT2D eigenvalue weighted by atomic mass is 32.2. The summed E-state index contributed by atoms with van der Waals surface area (Å²) in [5.41, 5.74) is 0.961. The quantitative estimate of drug-likeness (QED) is 0.765. The van der Waals surface area contributed by atoms with Gasteiger partial charge in [0.2, 0.25) is 5.91 Å². The number of para-hydroxylation sites is 2. The maximum absolute atomic E-state index is 12.3. The van der Waals surface area contributed by atoms with Crippen LogP contribution >= 0.6 is 11.8 Å². The Labute approximate surface area is 145 Å². The lowest BCUT2D eigenvalue weighted by Gasteiger charge is -2.19. The van der Waals surface area contributed by atoms with Crippen molar-refractivity contribution in [2.75, 3.05) is 12.8 Å². The second-order valence-electron chi connectivity index (χ2n) is 6.32. The van der Waals surface area contributed by atoms with E-state index in [9.17, 15) is 9.59 Å². The van der Waals surface area contributed by atoms with Crippen LogP contribution in [-0.2, 0) is 21.9 Å². The number of nitrogens with one attached hydrogen (secondary N) is 1. The Morgan fingerprint density at radius 2 is 2.04 bits per heavy atom. The SMILES string of the molecule is CSCc1nc2ccccc2n1CC(=O)NCCC(C)(C)C(=O)O. The molecule has 0 saturated heterocycles. The van der Waals surface area contributed by atoms with Gasteiger partial charge in [0, 0.05) is 6.54 Å². The number of aliphatic carboxylic acids is 1. The summed E-state index contributed by atoms with van der Waals surface area (Å²) in [4.78, 5) is 27.9. The van der Waals surface area contributed by atoms with Crippen molar-refractivity contribution in [2.24, 2.45) is 5.41 Å². The lowest BCUT2D eigenvalue weighted by Crippen LogP contribution is -2.33. The van der Waals surface area contributed by atoms with Crippen molar-refractivity contribution in [3.05, 3.63) is 30.1 Å². The first-order valence-corrected chi connectivity index (χ1v) is 9.17. The van der Waals surface area contributed by atoms with Gasteiger partial charge in [-0.1, -0.05) is 12.1 Å². The summed E-state index contributed by atoms with van der Waals surface area (Å²) in [5.74, 6) is 0.597. The minimum Gasteiger partial charge on any atom is -0.481 e. The van der Waals surface area contributed by atoms with Gasteiger partial charge >= 0.3 is 5.97 Å². The van der Waals surface area contributed by atoms with E-state index >= 15 is 0 Å². The molecule has 0 aliphatic rings. The molecule has 1 aromatic carbocycles. The number of carboxylic acids is 1. The lowest BCUT2D eigenvalue weighted by molar-refractivity contribution is -0.147. The van der Waals surface area contributed by atoms with E-state index in [1.54, 1.807) is 25.6 Å². The van der Waals surface area contributed by atoms with Gasteiger partial charge in [0.25, 0.3) is 0 Å². The molecule has 130 valence electrons. The number of benzene rings is 1. The van der Waals surface area contributed by atoms with Gasteiger partial charge in [-0.15, -0.1) is 0 Å². The van der Waals surface area contributed by atoms with E-state index < -0.39 is 11.4 Å². The predicted octanol–water partition coefficient (Wildman–Crippen LogP) is 2.52. The summed E-state index contributed by atoms with van der Waals surface area (Å²) in [6, 6.07) is 7.74. The zero-order chi connectivity index (χ0) is 17.7. The Hall–Kier alpha value is -2.02. The summed E-state index contributed by atoms with van der Waals surface area (Å²) in [6.07, 6.45) is 2.38. The topological polar surface area (TPSA) is 84.2 Å². The molecule has 0 spiro atoms. The van der Waals surface area contributed by atoms with Gasteiger partial charge in [-0.2, -0.15) is 11.8 Å². The number of hydrogen-bond acceptors (Lipinski definition) is 4. The number of carboxylic acid groups (broad SMARTS) is 1.